The minimum atomic E-state index is 0.173. The zero-order valence-electron chi connectivity index (χ0n) is 11.8. The highest BCUT2D eigenvalue weighted by atomic mass is 16.4. The van der Waals surface area contributed by atoms with Crippen LogP contribution in [0.3, 0.4) is 0 Å². The number of pyridine rings is 1. The van der Waals surface area contributed by atoms with Gasteiger partial charge in [-0.05, 0) is 56.6 Å². The van der Waals surface area contributed by atoms with Crippen LogP contribution in [0.2, 0.25) is 0 Å². The molecule has 3 N–H and O–H groups in total. The summed E-state index contributed by atoms with van der Waals surface area (Å²) in [6.45, 7) is 2.02. The van der Waals surface area contributed by atoms with Crippen molar-refractivity contribution in [3.63, 3.8) is 0 Å². The van der Waals surface area contributed by atoms with Gasteiger partial charge in [0, 0.05) is 18.8 Å². The molecule has 0 amide bonds. The minimum Gasteiger partial charge on any atom is -0.409 e. The molecule has 3 rings (SSSR count). The van der Waals surface area contributed by atoms with E-state index in [2.05, 4.69) is 16.1 Å². The number of nitrogens with zero attached hydrogens (tertiary/aromatic N) is 3. The molecule has 1 aliphatic carbocycles. The van der Waals surface area contributed by atoms with Crippen molar-refractivity contribution in [2.45, 2.75) is 44.9 Å². The Labute approximate surface area is 119 Å². The Balaban J connectivity index is 2.04. The summed E-state index contributed by atoms with van der Waals surface area (Å²) < 4.78 is 0. The van der Waals surface area contributed by atoms with E-state index in [4.69, 9.17) is 15.9 Å². The van der Waals surface area contributed by atoms with Gasteiger partial charge in [-0.3, -0.25) is 0 Å². The van der Waals surface area contributed by atoms with E-state index in [0.717, 1.165) is 37.3 Å². The van der Waals surface area contributed by atoms with Gasteiger partial charge >= 0.3 is 0 Å². The molecule has 1 aromatic rings. The number of rotatable bonds is 2. The molecule has 1 fully saturated rings. The van der Waals surface area contributed by atoms with Crippen molar-refractivity contribution in [3.05, 3.63) is 22.9 Å². The number of oxime groups is 1. The summed E-state index contributed by atoms with van der Waals surface area (Å²) in [5.74, 6) is 1.08. The SMILES string of the molecule is NC(=NO)c1cc2c(nc1N1CCCCC1)CCCC2. The highest BCUT2D eigenvalue weighted by Gasteiger charge is 2.22. The van der Waals surface area contributed by atoms with Crippen LogP contribution in [-0.2, 0) is 12.8 Å². The average Bonchev–Trinajstić information content (AvgIpc) is 2.53. The van der Waals surface area contributed by atoms with Gasteiger partial charge in [0.15, 0.2) is 5.84 Å². The standard InChI is InChI=1S/C15H22N4O/c16-14(18-20)12-10-11-6-2-3-7-13(11)17-15(12)19-8-4-1-5-9-19/h10,20H,1-9H2,(H2,16,18). The quantitative estimate of drug-likeness (QED) is 0.374. The minimum absolute atomic E-state index is 0.173. The van der Waals surface area contributed by atoms with Gasteiger partial charge < -0.3 is 15.8 Å². The molecule has 0 radical (unpaired) electrons. The molecule has 2 heterocycles. The Bertz CT molecular complexity index is 521. The first-order chi connectivity index (χ1) is 9.79. The van der Waals surface area contributed by atoms with Gasteiger partial charge in [0.2, 0.25) is 0 Å². The predicted octanol–water partition coefficient (Wildman–Crippen LogP) is 2.05. The van der Waals surface area contributed by atoms with E-state index in [-0.39, 0.29) is 5.84 Å². The summed E-state index contributed by atoms with van der Waals surface area (Å²) in [7, 11) is 0. The van der Waals surface area contributed by atoms with Crippen LogP contribution in [0.15, 0.2) is 11.2 Å². The Morgan fingerprint density at radius 1 is 1.15 bits per heavy atom. The van der Waals surface area contributed by atoms with Gasteiger partial charge in [0.25, 0.3) is 0 Å². The molecule has 5 nitrogen and oxygen atoms in total. The van der Waals surface area contributed by atoms with Crippen LogP contribution in [-0.4, -0.2) is 29.1 Å². The normalized spacial score (nSPS) is 19.8. The highest BCUT2D eigenvalue weighted by molar-refractivity contribution is 6.01. The number of amidine groups is 1. The number of aromatic nitrogens is 1. The second-order valence-electron chi connectivity index (χ2n) is 5.71. The van der Waals surface area contributed by atoms with Gasteiger partial charge in [-0.15, -0.1) is 0 Å². The number of nitrogens with two attached hydrogens (primary N) is 1. The molecule has 1 aromatic heterocycles. The first kappa shape index (κ1) is 13.2. The second kappa shape index (κ2) is 5.69. The van der Waals surface area contributed by atoms with Crippen molar-refractivity contribution < 1.29 is 5.21 Å². The molecule has 0 bridgehead atoms. The third kappa shape index (κ3) is 2.44. The van der Waals surface area contributed by atoms with Crippen LogP contribution < -0.4 is 10.6 Å². The van der Waals surface area contributed by atoms with Crippen molar-refractivity contribution in [1.29, 1.82) is 0 Å². The van der Waals surface area contributed by atoms with Crippen molar-refractivity contribution in [2.75, 3.05) is 18.0 Å². The monoisotopic (exact) mass is 274 g/mol. The van der Waals surface area contributed by atoms with E-state index in [1.165, 1.54) is 43.4 Å². The lowest BCUT2D eigenvalue weighted by molar-refractivity contribution is 0.318. The fourth-order valence-electron chi connectivity index (χ4n) is 3.21. The Morgan fingerprint density at radius 3 is 2.65 bits per heavy atom. The molecule has 0 unspecified atom stereocenters. The fraction of sp³-hybridized carbons (Fsp3) is 0.600. The van der Waals surface area contributed by atoms with Crippen LogP contribution >= 0.6 is 0 Å². The van der Waals surface area contributed by atoms with Gasteiger partial charge in [0.1, 0.15) is 5.82 Å². The van der Waals surface area contributed by atoms with E-state index in [9.17, 15) is 0 Å². The molecular weight excluding hydrogens is 252 g/mol. The van der Waals surface area contributed by atoms with Crippen LogP contribution in [0.4, 0.5) is 5.82 Å². The van der Waals surface area contributed by atoms with E-state index in [0.29, 0.717) is 0 Å². The maximum absolute atomic E-state index is 9.03. The van der Waals surface area contributed by atoms with Gasteiger partial charge in [-0.25, -0.2) is 4.98 Å². The maximum Gasteiger partial charge on any atom is 0.173 e. The van der Waals surface area contributed by atoms with E-state index >= 15 is 0 Å². The summed E-state index contributed by atoms with van der Waals surface area (Å²) in [4.78, 5) is 7.14. The summed E-state index contributed by atoms with van der Waals surface area (Å²) in [5, 5.41) is 12.2. The molecular formula is C15H22N4O. The topological polar surface area (TPSA) is 74.7 Å². The summed E-state index contributed by atoms with van der Waals surface area (Å²) in [5.41, 5.74) is 9.12. The molecule has 20 heavy (non-hydrogen) atoms. The number of fused-ring (bicyclic) bond motifs is 1. The molecule has 0 atom stereocenters. The van der Waals surface area contributed by atoms with Gasteiger partial charge in [0.05, 0.1) is 5.56 Å². The zero-order valence-corrected chi connectivity index (χ0v) is 11.8. The summed E-state index contributed by atoms with van der Waals surface area (Å²) in [6.07, 6.45) is 8.17. The first-order valence-corrected chi connectivity index (χ1v) is 7.55. The molecule has 0 spiro atoms. The Morgan fingerprint density at radius 2 is 1.90 bits per heavy atom. The molecule has 108 valence electrons. The fourth-order valence-corrected chi connectivity index (χ4v) is 3.21. The molecule has 5 heteroatoms. The molecule has 1 saturated heterocycles. The molecule has 0 aromatic carbocycles. The average molecular weight is 274 g/mol. The van der Waals surface area contributed by atoms with Crippen molar-refractivity contribution >= 4 is 11.7 Å². The first-order valence-electron chi connectivity index (χ1n) is 7.55. The zero-order chi connectivity index (χ0) is 13.9. The summed E-state index contributed by atoms with van der Waals surface area (Å²) >= 11 is 0. The number of anilines is 1. The lowest BCUT2D eigenvalue weighted by atomic mass is 9.94. The van der Waals surface area contributed by atoms with E-state index in [1.54, 1.807) is 0 Å². The van der Waals surface area contributed by atoms with E-state index in [1.807, 2.05) is 0 Å². The van der Waals surface area contributed by atoms with E-state index < -0.39 is 0 Å². The molecule has 1 aliphatic heterocycles. The van der Waals surface area contributed by atoms with Crippen LogP contribution in [0.25, 0.3) is 0 Å². The van der Waals surface area contributed by atoms with Crippen LogP contribution in [0, 0.1) is 0 Å². The highest BCUT2D eigenvalue weighted by Crippen LogP contribution is 2.28. The molecule has 0 saturated carbocycles. The largest absolute Gasteiger partial charge is 0.409 e. The number of piperidine rings is 1. The molecule has 2 aliphatic rings. The van der Waals surface area contributed by atoms with Gasteiger partial charge in [-0.1, -0.05) is 5.16 Å². The van der Waals surface area contributed by atoms with Crippen LogP contribution in [0.1, 0.15) is 48.9 Å². The third-order valence-electron chi connectivity index (χ3n) is 4.32. The lowest BCUT2D eigenvalue weighted by Crippen LogP contribution is -2.33. The van der Waals surface area contributed by atoms with Crippen molar-refractivity contribution in [3.8, 4) is 0 Å². The Hall–Kier alpha value is -1.78. The predicted molar refractivity (Wildman–Crippen MR) is 79.5 cm³/mol. The van der Waals surface area contributed by atoms with Crippen LogP contribution in [0.5, 0.6) is 0 Å². The Kier molecular flexibility index (Phi) is 3.76. The number of aryl methyl sites for hydroxylation is 2. The third-order valence-corrected chi connectivity index (χ3v) is 4.32. The maximum atomic E-state index is 9.03. The van der Waals surface area contributed by atoms with Crippen molar-refractivity contribution in [2.24, 2.45) is 10.9 Å². The summed E-state index contributed by atoms with van der Waals surface area (Å²) in [6, 6.07) is 2.08. The lowest BCUT2D eigenvalue weighted by Gasteiger charge is -2.30. The second-order valence-corrected chi connectivity index (χ2v) is 5.71. The van der Waals surface area contributed by atoms with Crippen molar-refractivity contribution in [1.82, 2.24) is 4.98 Å². The smallest absolute Gasteiger partial charge is 0.173 e. The number of hydrogen-bond acceptors (Lipinski definition) is 4. The number of hydrogen-bond donors (Lipinski definition) is 2. The van der Waals surface area contributed by atoms with Gasteiger partial charge in [-0.2, -0.15) is 0 Å².